The number of anilines is 1. The van der Waals surface area contributed by atoms with Crippen molar-refractivity contribution >= 4 is 22.5 Å². The molecular formula is C26H25N3O2. The van der Waals surface area contributed by atoms with E-state index in [2.05, 4.69) is 34.1 Å². The number of hydrogen-bond acceptors (Lipinski definition) is 3. The van der Waals surface area contributed by atoms with Crippen molar-refractivity contribution in [2.75, 3.05) is 18.9 Å². The molecule has 0 radical (unpaired) electrons. The van der Waals surface area contributed by atoms with E-state index < -0.39 is 0 Å². The van der Waals surface area contributed by atoms with Crippen molar-refractivity contribution in [2.45, 2.75) is 19.5 Å². The van der Waals surface area contributed by atoms with E-state index in [1.165, 1.54) is 22.2 Å². The fourth-order valence-corrected chi connectivity index (χ4v) is 4.49. The number of aromatic nitrogens is 1. The summed E-state index contributed by atoms with van der Waals surface area (Å²) >= 11 is 0. The Hall–Kier alpha value is -3.73. The van der Waals surface area contributed by atoms with E-state index in [9.17, 15) is 9.90 Å². The molecule has 0 fully saturated rings. The molecule has 5 rings (SSSR count). The number of para-hydroxylation sites is 1. The van der Waals surface area contributed by atoms with Crippen molar-refractivity contribution in [1.82, 2.24) is 9.47 Å². The first kappa shape index (κ1) is 19.2. The number of phenolic OH excluding ortho intramolecular Hbond substituents is 1. The van der Waals surface area contributed by atoms with Gasteiger partial charge in [-0.25, -0.2) is 0 Å². The van der Waals surface area contributed by atoms with E-state index in [0.717, 1.165) is 17.7 Å². The number of nitrogens with zero attached hydrogens (tertiary/aromatic N) is 2. The minimum absolute atomic E-state index is 0.0646. The lowest BCUT2D eigenvalue weighted by molar-refractivity contribution is 0.0731. The van der Waals surface area contributed by atoms with Gasteiger partial charge in [0.05, 0.1) is 6.54 Å². The van der Waals surface area contributed by atoms with Crippen LogP contribution in [0.3, 0.4) is 0 Å². The van der Waals surface area contributed by atoms with Crippen LogP contribution in [0.2, 0.25) is 0 Å². The zero-order valence-electron chi connectivity index (χ0n) is 17.5. The molecule has 1 aliphatic rings. The summed E-state index contributed by atoms with van der Waals surface area (Å²) in [7, 11) is 1.87. The summed E-state index contributed by atoms with van der Waals surface area (Å²) in [6, 6.07) is 23.4. The van der Waals surface area contributed by atoms with Crippen LogP contribution in [-0.2, 0) is 19.5 Å². The van der Waals surface area contributed by atoms with Crippen molar-refractivity contribution in [2.24, 2.45) is 0 Å². The second-order valence-corrected chi connectivity index (χ2v) is 8.00. The standard InChI is InChI=1S/C26H25N3O2/c1-27-20-10-8-19(9-11-20)26(31)28-15-14-23-22-4-2-3-5-24(22)29(25(23)17-28)16-18-6-12-21(30)13-7-18/h2-13,27,30H,14-17H2,1H3. The van der Waals surface area contributed by atoms with Gasteiger partial charge in [0.15, 0.2) is 0 Å². The van der Waals surface area contributed by atoms with Gasteiger partial charge in [-0.3, -0.25) is 4.79 Å². The van der Waals surface area contributed by atoms with E-state index in [4.69, 9.17) is 0 Å². The minimum Gasteiger partial charge on any atom is -0.508 e. The molecule has 2 heterocycles. The molecule has 5 heteroatoms. The summed E-state index contributed by atoms with van der Waals surface area (Å²) in [5.74, 6) is 0.332. The molecule has 1 amide bonds. The van der Waals surface area contributed by atoms with E-state index in [-0.39, 0.29) is 11.7 Å². The Morgan fingerprint density at radius 2 is 1.74 bits per heavy atom. The van der Waals surface area contributed by atoms with Crippen LogP contribution in [0.5, 0.6) is 5.75 Å². The molecule has 0 spiro atoms. The van der Waals surface area contributed by atoms with Gasteiger partial charge in [-0.15, -0.1) is 0 Å². The van der Waals surface area contributed by atoms with Gasteiger partial charge in [0.25, 0.3) is 5.91 Å². The maximum atomic E-state index is 13.2. The van der Waals surface area contributed by atoms with Crippen molar-refractivity contribution < 1.29 is 9.90 Å². The summed E-state index contributed by atoms with van der Waals surface area (Å²) in [6.07, 6.45) is 0.846. The Kier molecular flexibility index (Phi) is 4.86. The normalized spacial score (nSPS) is 13.3. The number of fused-ring (bicyclic) bond motifs is 3. The number of rotatable bonds is 4. The highest BCUT2D eigenvalue weighted by atomic mass is 16.3. The Labute approximate surface area is 181 Å². The van der Waals surface area contributed by atoms with Gasteiger partial charge in [-0.1, -0.05) is 30.3 Å². The number of nitrogens with one attached hydrogen (secondary N) is 1. The van der Waals surface area contributed by atoms with Gasteiger partial charge in [0.1, 0.15) is 5.75 Å². The zero-order chi connectivity index (χ0) is 21.4. The molecule has 4 aromatic rings. The van der Waals surface area contributed by atoms with Crippen molar-refractivity contribution in [3.05, 3.63) is 95.2 Å². The number of aromatic hydroxyl groups is 1. The molecule has 0 saturated carbocycles. The molecule has 1 aromatic heterocycles. The number of carbonyl (C=O) groups excluding carboxylic acids is 1. The topological polar surface area (TPSA) is 57.5 Å². The molecule has 3 aromatic carbocycles. The molecule has 0 atom stereocenters. The molecule has 5 nitrogen and oxygen atoms in total. The highest BCUT2D eigenvalue weighted by Crippen LogP contribution is 2.32. The van der Waals surface area contributed by atoms with Crippen LogP contribution in [0.25, 0.3) is 10.9 Å². The second-order valence-electron chi connectivity index (χ2n) is 8.00. The molecule has 0 bridgehead atoms. The zero-order valence-corrected chi connectivity index (χ0v) is 17.5. The van der Waals surface area contributed by atoms with E-state index in [1.807, 2.05) is 48.3 Å². The molecule has 2 N–H and O–H groups in total. The number of benzene rings is 3. The SMILES string of the molecule is CNc1ccc(C(=O)N2CCc3c(n(Cc4ccc(O)cc4)c4ccccc34)C2)cc1. The van der Waals surface area contributed by atoms with Crippen LogP contribution >= 0.6 is 0 Å². The van der Waals surface area contributed by atoms with Crippen molar-refractivity contribution in [3.63, 3.8) is 0 Å². The summed E-state index contributed by atoms with van der Waals surface area (Å²) in [4.78, 5) is 15.1. The van der Waals surface area contributed by atoms with Gasteiger partial charge in [-0.05, 0) is 60.0 Å². The van der Waals surface area contributed by atoms with Gasteiger partial charge < -0.3 is 19.9 Å². The van der Waals surface area contributed by atoms with Crippen LogP contribution < -0.4 is 5.32 Å². The number of hydrogen-bond donors (Lipinski definition) is 2. The number of carbonyl (C=O) groups is 1. The van der Waals surface area contributed by atoms with Crippen LogP contribution in [0.1, 0.15) is 27.2 Å². The second kappa shape index (κ2) is 7.84. The Bertz CT molecular complexity index is 1240. The van der Waals surface area contributed by atoms with Crippen molar-refractivity contribution in [1.29, 1.82) is 0 Å². The lowest BCUT2D eigenvalue weighted by Crippen LogP contribution is -2.36. The van der Waals surface area contributed by atoms with Crippen LogP contribution in [0.15, 0.2) is 72.8 Å². The lowest BCUT2D eigenvalue weighted by atomic mass is 10.0. The largest absolute Gasteiger partial charge is 0.508 e. The molecular weight excluding hydrogens is 386 g/mol. The molecule has 0 aliphatic carbocycles. The Balaban J connectivity index is 1.50. The van der Waals surface area contributed by atoms with Crippen LogP contribution in [-0.4, -0.2) is 34.1 Å². The maximum absolute atomic E-state index is 13.2. The molecule has 1 aliphatic heterocycles. The minimum atomic E-state index is 0.0646. The quantitative estimate of drug-likeness (QED) is 0.515. The predicted octanol–water partition coefficient (Wildman–Crippen LogP) is 4.64. The number of phenols is 1. The molecule has 0 saturated heterocycles. The lowest BCUT2D eigenvalue weighted by Gasteiger charge is -2.29. The smallest absolute Gasteiger partial charge is 0.254 e. The van der Waals surface area contributed by atoms with E-state index in [0.29, 0.717) is 25.2 Å². The number of amides is 1. The monoisotopic (exact) mass is 411 g/mol. The summed E-state index contributed by atoms with van der Waals surface area (Å²) < 4.78 is 2.32. The molecule has 156 valence electrons. The fraction of sp³-hybridized carbons (Fsp3) is 0.192. The highest BCUT2D eigenvalue weighted by molar-refractivity contribution is 5.95. The van der Waals surface area contributed by atoms with Crippen molar-refractivity contribution in [3.8, 4) is 5.75 Å². The summed E-state index contributed by atoms with van der Waals surface area (Å²) in [5, 5.41) is 14.0. The van der Waals surface area contributed by atoms with E-state index in [1.54, 1.807) is 12.1 Å². The fourth-order valence-electron chi connectivity index (χ4n) is 4.49. The van der Waals surface area contributed by atoms with E-state index >= 15 is 0 Å². The third kappa shape index (κ3) is 3.52. The van der Waals surface area contributed by atoms with Crippen LogP contribution in [0, 0.1) is 0 Å². The first-order valence-corrected chi connectivity index (χ1v) is 10.6. The third-order valence-electron chi connectivity index (χ3n) is 6.15. The molecule has 0 unspecified atom stereocenters. The average Bonchev–Trinajstić information content (AvgIpc) is 3.13. The predicted molar refractivity (Wildman–Crippen MR) is 124 cm³/mol. The molecule has 31 heavy (non-hydrogen) atoms. The first-order chi connectivity index (χ1) is 15.1. The Morgan fingerprint density at radius 3 is 2.48 bits per heavy atom. The van der Waals surface area contributed by atoms with Gasteiger partial charge >= 0.3 is 0 Å². The maximum Gasteiger partial charge on any atom is 0.254 e. The van der Waals surface area contributed by atoms with Crippen LogP contribution in [0.4, 0.5) is 5.69 Å². The van der Waals surface area contributed by atoms with Gasteiger partial charge in [-0.2, -0.15) is 0 Å². The Morgan fingerprint density at radius 1 is 1.00 bits per heavy atom. The average molecular weight is 412 g/mol. The van der Waals surface area contributed by atoms with Gasteiger partial charge in [0, 0.05) is 48.0 Å². The summed E-state index contributed by atoms with van der Waals surface area (Å²) in [5.41, 5.74) is 6.54. The first-order valence-electron chi connectivity index (χ1n) is 10.6. The third-order valence-corrected chi connectivity index (χ3v) is 6.15. The van der Waals surface area contributed by atoms with Gasteiger partial charge in [0.2, 0.25) is 0 Å². The summed E-state index contributed by atoms with van der Waals surface area (Å²) in [6.45, 7) is 2.01. The highest BCUT2D eigenvalue weighted by Gasteiger charge is 2.27.